The SMILES string of the molecule is CCOC(C)=O.O.[H-].[K+]. The molecule has 0 spiro atoms. The molecule has 0 aromatic rings. The Bertz CT molecular complexity index is 59.8. The third-order valence-electron chi connectivity index (χ3n) is 0.348. The maximum Gasteiger partial charge on any atom is 1.00 e. The summed E-state index contributed by atoms with van der Waals surface area (Å²) < 4.78 is 4.40. The van der Waals surface area contributed by atoms with E-state index in [0.717, 1.165) is 0 Å². The van der Waals surface area contributed by atoms with Gasteiger partial charge in [0.1, 0.15) is 0 Å². The van der Waals surface area contributed by atoms with Crippen molar-refractivity contribution in [2.45, 2.75) is 13.8 Å². The molecule has 0 amide bonds. The minimum Gasteiger partial charge on any atom is -1.00 e. The van der Waals surface area contributed by atoms with Crippen LogP contribution in [0, 0.1) is 0 Å². The van der Waals surface area contributed by atoms with Gasteiger partial charge in [0.25, 0.3) is 0 Å². The fourth-order valence-corrected chi connectivity index (χ4v) is 0.203. The van der Waals surface area contributed by atoms with Crippen molar-refractivity contribution in [1.82, 2.24) is 0 Å². The summed E-state index contributed by atoms with van der Waals surface area (Å²) in [4.78, 5) is 9.82. The maximum absolute atomic E-state index is 9.82. The zero-order valence-electron chi connectivity index (χ0n) is 6.52. The summed E-state index contributed by atoms with van der Waals surface area (Å²) in [6, 6.07) is 0. The molecule has 0 saturated heterocycles. The van der Waals surface area contributed by atoms with Gasteiger partial charge in [-0.25, -0.2) is 0 Å². The molecule has 2 N–H and O–H groups in total. The summed E-state index contributed by atoms with van der Waals surface area (Å²) in [5.41, 5.74) is 0. The van der Waals surface area contributed by atoms with Crippen LogP contribution in [-0.4, -0.2) is 18.1 Å². The van der Waals surface area contributed by atoms with E-state index in [4.69, 9.17) is 0 Å². The first kappa shape index (κ1) is 16.0. The van der Waals surface area contributed by atoms with Crippen molar-refractivity contribution in [3.8, 4) is 0 Å². The number of carbonyl (C=O) groups is 1. The molecular weight excluding hydrogens is 135 g/mol. The Kier molecular flexibility index (Phi) is 21.9. The Morgan fingerprint density at radius 1 is 1.75 bits per heavy atom. The Morgan fingerprint density at radius 3 is 2.12 bits per heavy atom. The van der Waals surface area contributed by atoms with Crippen LogP contribution in [0.2, 0.25) is 0 Å². The van der Waals surface area contributed by atoms with E-state index in [-0.39, 0.29) is 64.3 Å². The average molecular weight is 146 g/mol. The molecule has 46 valence electrons. The Labute approximate surface area is 93.0 Å². The first-order valence-electron chi connectivity index (χ1n) is 1.90. The summed E-state index contributed by atoms with van der Waals surface area (Å²) in [6.07, 6.45) is 0. The van der Waals surface area contributed by atoms with Gasteiger partial charge in [-0.05, 0) is 6.92 Å². The van der Waals surface area contributed by atoms with E-state index in [0.29, 0.717) is 6.61 Å². The number of hydrogen-bond donors (Lipinski definition) is 0. The second kappa shape index (κ2) is 10.9. The maximum atomic E-state index is 9.82. The summed E-state index contributed by atoms with van der Waals surface area (Å²) in [5.74, 6) is -0.211. The molecule has 4 heteroatoms. The van der Waals surface area contributed by atoms with E-state index in [1.807, 2.05) is 0 Å². The van der Waals surface area contributed by atoms with Crippen molar-refractivity contribution in [2.75, 3.05) is 6.61 Å². The molecule has 0 aromatic carbocycles. The van der Waals surface area contributed by atoms with Crippen molar-refractivity contribution >= 4 is 5.97 Å². The van der Waals surface area contributed by atoms with Crippen molar-refractivity contribution in [2.24, 2.45) is 0 Å². The number of esters is 1. The van der Waals surface area contributed by atoms with Crippen molar-refractivity contribution < 1.29 is 67.8 Å². The molecular formula is C4H11KO3. The number of hydrogen-bond acceptors (Lipinski definition) is 2. The second-order valence-electron chi connectivity index (χ2n) is 0.925. The van der Waals surface area contributed by atoms with E-state index in [1.165, 1.54) is 6.92 Å². The van der Waals surface area contributed by atoms with Crippen LogP contribution in [-0.2, 0) is 9.53 Å². The molecule has 0 unspecified atom stereocenters. The van der Waals surface area contributed by atoms with E-state index >= 15 is 0 Å². The van der Waals surface area contributed by atoms with Crippen LogP contribution in [0.3, 0.4) is 0 Å². The fourth-order valence-electron chi connectivity index (χ4n) is 0.203. The molecule has 0 rings (SSSR count). The molecule has 0 heterocycles. The van der Waals surface area contributed by atoms with E-state index < -0.39 is 0 Å². The summed E-state index contributed by atoms with van der Waals surface area (Å²) in [6.45, 7) is 3.65. The third-order valence-corrected chi connectivity index (χ3v) is 0.348. The monoisotopic (exact) mass is 146 g/mol. The molecule has 8 heavy (non-hydrogen) atoms. The standard InChI is InChI=1S/C4H8O2.K.H2O.H/c1-3-6-4(2)5;;;/h3H2,1-2H3;;1H2;/q;+1;;-1. The molecule has 0 atom stereocenters. The van der Waals surface area contributed by atoms with Crippen LogP contribution in [0.1, 0.15) is 15.3 Å². The van der Waals surface area contributed by atoms with Gasteiger partial charge >= 0.3 is 57.4 Å². The van der Waals surface area contributed by atoms with Gasteiger partial charge in [0.2, 0.25) is 0 Å². The van der Waals surface area contributed by atoms with Gasteiger partial charge in [-0.2, -0.15) is 0 Å². The van der Waals surface area contributed by atoms with E-state index in [2.05, 4.69) is 4.74 Å². The predicted molar refractivity (Wildman–Crippen MR) is 27.0 cm³/mol. The normalized spacial score (nSPS) is 5.75. The zero-order valence-corrected chi connectivity index (χ0v) is 8.65. The predicted octanol–water partition coefficient (Wildman–Crippen LogP) is -3.14. The van der Waals surface area contributed by atoms with Gasteiger partial charge in [0, 0.05) is 6.92 Å². The van der Waals surface area contributed by atoms with Crippen LogP contribution >= 0.6 is 0 Å². The first-order chi connectivity index (χ1) is 2.77. The van der Waals surface area contributed by atoms with Crippen molar-refractivity contribution in [1.29, 1.82) is 0 Å². The number of carbonyl (C=O) groups excluding carboxylic acids is 1. The topological polar surface area (TPSA) is 57.8 Å². The average Bonchev–Trinajstić information content (AvgIpc) is 1.35. The smallest absolute Gasteiger partial charge is 1.00 e. The molecule has 0 bridgehead atoms. The minimum atomic E-state index is -0.211. The molecule has 0 saturated carbocycles. The van der Waals surface area contributed by atoms with Gasteiger partial charge in [-0.3, -0.25) is 4.79 Å². The van der Waals surface area contributed by atoms with Crippen LogP contribution in [0.4, 0.5) is 0 Å². The second-order valence-corrected chi connectivity index (χ2v) is 0.925. The van der Waals surface area contributed by atoms with Gasteiger partial charge in [-0.15, -0.1) is 0 Å². The van der Waals surface area contributed by atoms with Crippen molar-refractivity contribution in [3.05, 3.63) is 0 Å². The van der Waals surface area contributed by atoms with E-state index in [1.54, 1.807) is 6.92 Å². The van der Waals surface area contributed by atoms with Gasteiger partial charge in [0.05, 0.1) is 6.61 Å². The third kappa shape index (κ3) is 15.7. The van der Waals surface area contributed by atoms with Crippen molar-refractivity contribution in [3.63, 3.8) is 0 Å². The van der Waals surface area contributed by atoms with Crippen LogP contribution < -0.4 is 51.4 Å². The largest absolute Gasteiger partial charge is 1.00 e. The Morgan fingerprint density at radius 2 is 2.12 bits per heavy atom. The van der Waals surface area contributed by atoms with Gasteiger partial charge < -0.3 is 11.6 Å². The Hall–Kier alpha value is 1.07. The van der Waals surface area contributed by atoms with Gasteiger partial charge in [-0.1, -0.05) is 0 Å². The summed E-state index contributed by atoms with van der Waals surface area (Å²) in [7, 11) is 0. The first-order valence-corrected chi connectivity index (χ1v) is 1.90. The molecule has 0 aliphatic carbocycles. The quantitative estimate of drug-likeness (QED) is 0.290. The molecule has 0 fully saturated rings. The minimum absolute atomic E-state index is 0. The summed E-state index contributed by atoms with van der Waals surface area (Å²) >= 11 is 0. The fraction of sp³-hybridized carbons (Fsp3) is 0.750. The number of rotatable bonds is 1. The Balaban J connectivity index is -0.0000000417. The molecule has 0 aromatic heterocycles. The summed E-state index contributed by atoms with van der Waals surface area (Å²) in [5, 5.41) is 0. The van der Waals surface area contributed by atoms with Crippen LogP contribution in [0.5, 0.6) is 0 Å². The van der Waals surface area contributed by atoms with Gasteiger partial charge in [0.15, 0.2) is 0 Å². The molecule has 3 nitrogen and oxygen atoms in total. The molecule has 0 radical (unpaired) electrons. The van der Waals surface area contributed by atoms with E-state index in [9.17, 15) is 4.79 Å². The zero-order chi connectivity index (χ0) is 4.99. The molecule has 0 aliphatic rings. The van der Waals surface area contributed by atoms with Crippen LogP contribution in [0.15, 0.2) is 0 Å². The number of ether oxygens (including phenoxy) is 1. The van der Waals surface area contributed by atoms with Crippen LogP contribution in [0.25, 0.3) is 0 Å². The molecule has 0 aliphatic heterocycles.